The SMILES string of the molecule is CC(NC(=O)NCc1cccc(N(C)C)n1)c1ccc(C#N)cc1. The maximum atomic E-state index is 12.0. The van der Waals surface area contributed by atoms with Gasteiger partial charge in [-0.05, 0) is 36.8 Å². The maximum Gasteiger partial charge on any atom is 0.315 e. The minimum Gasteiger partial charge on any atom is -0.363 e. The van der Waals surface area contributed by atoms with Gasteiger partial charge in [0.2, 0.25) is 0 Å². The first kappa shape index (κ1) is 17.3. The molecule has 6 nitrogen and oxygen atoms in total. The number of pyridine rings is 1. The minimum atomic E-state index is -0.260. The number of nitrogens with zero attached hydrogens (tertiary/aromatic N) is 3. The van der Waals surface area contributed by atoms with Crippen LogP contribution in [0, 0.1) is 11.3 Å². The lowest BCUT2D eigenvalue weighted by Gasteiger charge is -2.16. The number of nitriles is 1. The van der Waals surface area contributed by atoms with Gasteiger partial charge >= 0.3 is 6.03 Å². The molecule has 2 N–H and O–H groups in total. The van der Waals surface area contributed by atoms with Crippen molar-refractivity contribution in [3.8, 4) is 6.07 Å². The van der Waals surface area contributed by atoms with E-state index >= 15 is 0 Å². The highest BCUT2D eigenvalue weighted by atomic mass is 16.2. The number of nitrogens with one attached hydrogen (secondary N) is 2. The summed E-state index contributed by atoms with van der Waals surface area (Å²) in [6, 6.07) is 14.5. The van der Waals surface area contributed by atoms with Crippen LogP contribution in [0.5, 0.6) is 0 Å². The molecule has 0 aliphatic rings. The summed E-state index contributed by atoms with van der Waals surface area (Å²) < 4.78 is 0. The zero-order valence-corrected chi connectivity index (χ0v) is 14.1. The molecule has 2 rings (SSSR count). The predicted molar refractivity (Wildman–Crippen MR) is 93.5 cm³/mol. The lowest BCUT2D eigenvalue weighted by molar-refractivity contribution is 0.237. The molecule has 1 atom stereocenters. The van der Waals surface area contributed by atoms with E-state index in [1.165, 1.54) is 0 Å². The Bertz CT molecular complexity index is 734. The molecule has 124 valence electrons. The smallest absolute Gasteiger partial charge is 0.315 e. The van der Waals surface area contributed by atoms with Gasteiger partial charge in [0.15, 0.2) is 0 Å². The third-order valence-electron chi connectivity index (χ3n) is 3.57. The van der Waals surface area contributed by atoms with E-state index in [-0.39, 0.29) is 12.1 Å². The molecule has 0 bridgehead atoms. The van der Waals surface area contributed by atoms with Gasteiger partial charge < -0.3 is 15.5 Å². The van der Waals surface area contributed by atoms with E-state index in [0.29, 0.717) is 12.1 Å². The van der Waals surface area contributed by atoms with E-state index in [9.17, 15) is 4.79 Å². The number of anilines is 1. The quantitative estimate of drug-likeness (QED) is 0.886. The molecule has 0 spiro atoms. The van der Waals surface area contributed by atoms with Crippen LogP contribution in [0.15, 0.2) is 42.5 Å². The van der Waals surface area contributed by atoms with Crippen molar-refractivity contribution >= 4 is 11.8 Å². The molecule has 0 saturated heterocycles. The number of benzene rings is 1. The highest BCUT2D eigenvalue weighted by molar-refractivity contribution is 5.74. The Balaban J connectivity index is 1.88. The van der Waals surface area contributed by atoms with Crippen molar-refractivity contribution in [3.05, 3.63) is 59.3 Å². The van der Waals surface area contributed by atoms with Gasteiger partial charge in [0.1, 0.15) is 5.82 Å². The number of carbonyl (C=O) groups is 1. The fraction of sp³-hybridized carbons (Fsp3) is 0.278. The largest absolute Gasteiger partial charge is 0.363 e. The number of hydrogen-bond acceptors (Lipinski definition) is 4. The molecular formula is C18H21N5O. The molecule has 2 amide bonds. The normalized spacial score (nSPS) is 11.2. The van der Waals surface area contributed by atoms with Crippen molar-refractivity contribution < 1.29 is 4.79 Å². The Labute approximate surface area is 142 Å². The average Bonchev–Trinajstić information content (AvgIpc) is 2.60. The van der Waals surface area contributed by atoms with Gasteiger partial charge in [0.25, 0.3) is 0 Å². The van der Waals surface area contributed by atoms with E-state index in [1.807, 2.05) is 56.3 Å². The van der Waals surface area contributed by atoms with Crippen LogP contribution >= 0.6 is 0 Å². The van der Waals surface area contributed by atoms with Gasteiger partial charge in [-0.25, -0.2) is 9.78 Å². The first-order valence-electron chi connectivity index (χ1n) is 7.67. The molecule has 1 unspecified atom stereocenters. The molecule has 0 aliphatic carbocycles. The van der Waals surface area contributed by atoms with E-state index in [2.05, 4.69) is 21.7 Å². The Morgan fingerprint density at radius 2 is 1.96 bits per heavy atom. The number of urea groups is 1. The van der Waals surface area contributed by atoms with E-state index in [1.54, 1.807) is 12.1 Å². The fourth-order valence-corrected chi connectivity index (χ4v) is 2.16. The van der Waals surface area contributed by atoms with Gasteiger partial charge in [-0.3, -0.25) is 0 Å². The van der Waals surface area contributed by atoms with Crippen molar-refractivity contribution in [1.82, 2.24) is 15.6 Å². The van der Waals surface area contributed by atoms with Crippen LogP contribution in [-0.4, -0.2) is 25.1 Å². The first-order chi connectivity index (χ1) is 11.5. The Morgan fingerprint density at radius 1 is 1.25 bits per heavy atom. The summed E-state index contributed by atoms with van der Waals surface area (Å²) in [6.07, 6.45) is 0. The molecule has 0 saturated carbocycles. The van der Waals surface area contributed by atoms with Crippen LogP contribution in [0.1, 0.15) is 29.8 Å². The highest BCUT2D eigenvalue weighted by Crippen LogP contribution is 2.13. The monoisotopic (exact) mass is 323 g/mol. The van der Waals surface area contributed by atoms with Crippen molar-refractivity contribution in [2.24, 2.45) is 0 Å². The summed E-state index contributed by atoms with van der Waals surface area (Å²) in [6.45, 7) is 2.25. The van der Waals surface area contributed by atoms with E-state index in [4.69, 9.17) is 5.26 Å². The summed E-state index contributed by atoms with van der Waals surface area (Å²) in [4.78, 5) is 18.4. The third-order valence-corrected chi connectivity index (χ3v) is 3.57. The standard InChI is InChI=1S/C18H21N5O/c1-13(15-9-7-14(11-19)8-10-15)21-18(24)20-12-16-5-4-6-17(22-16)23(2)3/h4-10,13H,12H2,1-3H3,(H2,20,21,24). The molecule has 1 aromatic heterocycles. The maximum absolute atomic E-state index is 12.0. The number of amides is 2. The fourth-order valence-electron chi connectivity index (χ4n) is 2.16. The van der Waals surface area contributed by atoms with E-state index < -0.39 is 0 Å². The van der Waals surface area contributed by atoms with Gasteiger partial charge in [-0.15, -0.1) is 0 Å². The molecule has 2 aromatic rings. The zero-order valence-electron chi connectivity index (χ0n) is 14.1. The highest BCUT2D eigenvalue weighted by Gasteiger charge is 2.09. The van der Waals surface area contributed by atoms with Crippen molar-refractivity contribution in [1.29, 1.82) is 5.26 Å². The lowest BCUT2D eigenvalue weighted by atomic mass is 10.1. The van der Waals surface area contributed by atoms with Crippen LogP contribution in [0.25, 0.3) is 0 Å². The number of rotatable bonds is 5. The molecule has 0 aliphatic heterocycles. The van der Waals surface area contributed by atoms with Crippen LogP contribution in [0.3, 0.4) is 0 Å². The third kappa shape index (κ3) is 4.71. The average molecular weight is 323 g/mol. The Hall–Kier alpha value is -3.07. The Kier molecular flexibility index (Phi) is 5.74. The second-order valence-electron chi connectivity index (χ2n) is 5.66. The van der Waals surface area contributed by atoms with Crippen LogP contribution < -0.4 is 15.5 Å². The van der Waals surface area contributed by atoms with Gasteiger partial charge in [0, 0.05) is 14.1 Å². The Morgan fingerprint density at radius 3 is 2.58 bits per heavy atom. The number of carbonyl (C=O) groups excluding carboxylic acids is 1. The summed E-state index contributed by atoms with van der Waals surface area (Å²) >= 11 is 0. The summed E-state index contributed by atoms with van der Waals surface area (Å²) in [5.74, 6) is 0.848. The molecular weight excluding hydrogens is 302 g/mol. The van der Waals surface area contributed by atoms with Crippen LogP contribution in [0.2, 0.25) is 0 Å². The van der Waals surface area contributed by atoms with E-state index in [0.717, 1.165) is 17.1 Å². The zero-order chi connectivity index (χ0) is 17.5. The van der Waals surface area contributed by atoms with Gasteiger partial charge in [-0.2, -0.15) is 5.26 Å². The van der Waals surface area contributed by atoms with Crippen LogP contribution in [0.4, 0.5) is 10.6 Å². The van der Waals surface area contributed by atoms with Crippen molar-refractivity contribution in [3.63, 3.8) is 0 Å². The number of hydrogen-bond donors (Lipinski definition) is 2. The second-order valence-corrected chi connectivity index (χ2v) is 5.66. The summed E-state index contributed by atoms with van der Waals surface area (Å²) in [5.41, 5.74) is 2.33. The first-order valence-corrected chi connectivity index (χ1v) is 7.67. The summed E-state index contributed by atoms with van der Waals surface area (Å²) in [7, 11) is 3.84. The molecule has 0 fully saturated rings. The van der Waals surface area contributed by atoms with Gasteiger partial charge in [-0.1, -0.05) is 18.2 Å². The number of aromatic nitrogens is 1. The minimum absolute atomic E-state index is 0.154. The molecule has 6 heteroatoms. The molecule has 24 heavy (non-hydrogen) atoms. The lowest BCUT2D eigenvalue weighted by Crippen LogP contribution is -2.36. The topological polar surface area (TPSA) is 81.1 Å². The molecule has 1 heterocycles. The van der Waals surface area contributed by atoms with Gasteiger partial charge in [0.05, 0.1) is 29.9 Å². The second kappa shape index (κ2) is 7.97. The molecule has 0 radical (unpaired) electrons. The van der Waals surface area contributed by atoms with Crippen molar-refractivity contribution in [2.45, 2.75) is 19.5 Å². The van der Waals surface area contributed by atoms with Crippen molar-refractivity contribution in [2.75, 3.05) is 19.0 Å². The molecule has 1 aromatic carbocycles. The van der Waals surface area contributed by atoms with Crippen LogP contribution in [-0.2, 0) is 6.54 Å². The predicted octanol–water partition coefficient (Wildman–Crippen LogP) is 2.58. The summed E-state index contributed by atoms with van der Waals surface area (Å²) in [5, 5.41) is 14.5.